The number of nitrogens with one attached hydrogen (secondary N) is 1. The predicted molar refractivity (Wildman–Crippen MR) is 82.6 cm³/mol. The molecule has 1 atom stereocenters. The summed E-state index contributed by atoms with van der Waals surface area (Å²) in [5.41, 5.74) is 1.01. The van der Waals surface area contributed by atoms with Gasteiger partial charge in [0.05, 0.1) is 0 Å². The van der Waals surface area contributed by atoms with E-state index in [0.29, 0.717) is 0 Å². The van der Waals surface area contributed by atoms with E-state index in [2.05, 4.69) is 19.2 Å². The zero-order valence-electron chi connectivity index (χ0n) is 12.3. The molecule has 0 spiro atoms. The molecule has 112 valence electrons. The summed E-state index contributed by atoms with van der Waals surface area (Å²) in [4.78, 5) is 0.791. The van der Waals surface area contributed by atoms with E-state index in [1.54, 1.807) is 17.8 Å². The van der Waals surface area contributed by atoms with E-state index in [-0.39, 0.29) is 23.9 Å². The Morgan fingerprint density at radius 1 is 1.40 bits per heavy atom. The van der Waals surface area contributed by atoms with Gasteiger partial charge in [0.2, 0.25) is 0 Å². The van der Waals surface area contributed by atoms with Crippen LogP contribution in [-0.2, 0) is 0 Å². The Hall–Kier alpha value is -0.580. The van der Waals surface area contributed by atoms with E-state index >= 15 is 0 Å². The highest BCUT2D eigenvalue weighted by Gasteiger charge is 2.28. The summed E-state index contributed by atoms with van der Waals surface area (Å²) < 4.78 is 13.8. The van der Waals surface area contributed by atoms with Gasteiger partial charge < -0.3 is 10.4 Å². The van der Waals surface area contributed by atoms with Crippen molar-refractivity contribution < 1.29 is 9.50 Å². The van der Waals surface area contributed by atoms with Crippen LogP contribution < -0.4 is 5.32 Å². The monoisotopic (exact) mass is 297 g/mol. The van der Waals surface area contributed by atoms with Crippen LogP contribution >= 0.6 is 11.8 Å². The zero-order chi connectivity index (χ0) is 14.6. The van der Waals surface area contributed by atoms with Crippen molar-refractivity contribution in [1.29, 1.82) is 0 Å². The van der Waals surface area contributed by atoms with E-state index < -0.39 is 0 Å². The molecule has 0 saturated carbocycles. The molecular weight excluding hydrogens is 273 g/mol. The molecular formula is C16H24FNOS. The molecule has 0 fully saturated rings. The third-order valence-electron chi connectivity index (χ3n) is 4.58. The second-order valence-electron chi connectivity index (χ2n) is 5.59. The maximum atomic E-state index is 13.8. The second-order valence-corrected chi connectivity index (χ2v) is 6.70. The Balaban J connectivity index is 2.11. The number of benzene rings is 1. The Labute approximate surface area is 125 Å². The van der Waals surface area contributed by atoms with Crippen molar-refractivity contribution in [1.82, 2.24) is 5.32 Å². The first-order valence-electron chi connectivity index (χ1n) is 7.41. The van der Waals surface area contributed by atoms with Gasteiger partial charge in [-0.1, -0.05) is 26.0 Å². The Morgan fingerprint density at radius 2 is 2.15 bits per heavy atom. The van der Waals surface area contributed by atoms with E-state index in [4.69, 9.17) is 0 Å². The van der Waals surface area contributed by atoms with Gasteiger partial charge in [-0.05, 0) is 36.6 Å². The smallest absolute Gasteiger partial charge is 0.137 e. The first-order valence-corrected chi connectivity index (χ1v) is 8.40. The number of hydrogen-bond acceptors (Lipinski definition) is 3. The molecule has 20 heavy (non-hydrogen) atoms. The van der Waals surface area contributed by atoms with Crippen molar-refractivity contribution in [2.75, 3.05) is 18.9 Å². The summed E-state index contributed by atoms with van der Waals surface area (Å²) >= 11 is 1.61. The fourth-order valence-electron chi connectivity index (χ4n) is 2.72. The predicted octanol–water partition coefficient (Wildman–Crippen LogP) is 3.75. The van der Waals surface area contributed by atoms with Gasteiger partial charge in [0.15, 0.2) is 0 Å². The zero-order valence-corrected chi connectivity index (χ0v) is 13.1. The molecule has 0 aromatic heterocycles. The van der Waals surface area contributed by atoms with Crippen LogP contribution in [0.4, 0.5) is 4.39 Å². The quantitative estimate of drug-likeness (QED) is 0.838. The maximum Gasteiger partial charge on any atom is 0.137 e. The van der Waals surface area contributed by atoms with Gasteiger partial charge >= 0.3 is 0 Å². The molecule has 2 rings (SSSR count). The van der Waals surface area contributed by atoms with Crippen LogP contribution in [0.25, 0.3) is 0 Å². The lowest BCUT2D eigenvalue weighted by molar-refractivity contribution is 0.109. The highest BCUT2D eigenvalue weighted by molar-refractivity contribution is 7.99. The van der Waals surface area contributed by atoms with Gasteiger partial charge in [-0.15, -0.1) is 11.8 Å². The fraction of sp³-hybridized carbons (Fsp3) is 0.625. The molecule has 0 amide bonds. The molecule has 1 aromatic carbocycles. The molecule has 4 heteroatoms. The van der Waals surface area contributed by atoms with Crippen LogP contribution in [-0.4, -0.2) is 24.0 Å². The number of rotatable bonds is 6. The van der Waals surface area contributed by atoms with Crippen LogP contribution in [0, 0.1) is 11.2 Å². The lowest BCUT2D eigenvalue weighted by atomic mass is 9.83. The summed E-state index contributed by atoms with van der Waals surface area (Å²) in [5.74, 6) is 0.828. The summed E-state index contributed by atoms with van der Waals surface area (Å²) in [5, 5.41) is 13.2. The van der Waals surface area contributed by atoms with Crippen LogP contribution in [0.2, 0.25) is 0 Å². The number of aliphatic hydroxyl groups excluding tert-OH is 1. The molecule has 0 aliphatic carbocycles. The summed E-state index contributed by atoms with van der Waals surface area (Å²) in [6.07, 6.45) is 2.91. The van der Waals surface area contributed by atoms with E-state index in [9.17, 15) is 9.50 Å². The highest BCUT2D eigenvalue weighted by Crippen LogP contribution is 2.38. The highest BCUT2D eigenvalue weighted by atomic mass is 32.2. The van der Waals surface area contributed by atoms with Crippen molar-refractivity contribution in [3.05, 3.63) is 29.6 Å². The fourth-order valence-corrected chi connectivity index (χ4v) is 3.86. The lowest BCUT2D eigenvalue weighted by Gasteiger charge is -2.34. The Morgan fingerprint density at radius 3 is 2.80 bits per heavy atom. The van der Waals surface area contributed by atoms with Crippen LogP contribution in [0.15, 0.2) is 23.1 Å². The van der Waals surface area contributed by atoms with Gasteiger partial charge in [0, 0.05) is 29.5 Å². The second kappa shape index (κ2) is 6.92. The maximum absolute atomic E-state index is 13.8. The number of thioether (sulfide) groups is 1. The molecule has 0 bridgehead atoms. The average Bonchev–Trinajstić information content (AvgIpc) is 2.50. The first-order chi connectivity index (χ1) is 9.65. The van der Waals surface area contributed by atoms with E-state index in [1.165, 1.54) is 6.07 Å². The minimum absolute atomic E-state index is 0.0575. The third kappa shape index (κ3) is 3.18. The van der Waals surface area contributed by atoms with Gasteiger partial charge in [-0.25, -0.2) is 4.39 Å². The van der Waals surface area contributed by atoms with Gasteiger partial charge in [-0.2, -0.15) is 0 Å². The minimum atomic E-state index is -0.113. The molecule has 1 unspecified atom stereocenters. The summed E-state index contributed by atoms with van der Waals surface area (Å²) in [6.45, 7) is 5.21. The van der Waals surface area contributed by atoms with Crippen LogP contribution in [0.3, 0.4) is 0 Å². The van der Waals surface area contributed by atoms with Crippen molar-refractivity contribution in [3.8, 4) is 0 Å². The minimum Gasteiger partial charge on any atom is -0.396 e. The Kier molecular flexibility index (Phi) is 5.47. The summed E-state index contributed by atoms with van der Waals surface area (Å²) in [6, 6.07) is 5.53. The number of hydrogen-bond donors (Lipinski definition) is 2. The molecule has 2 N–H and O–H groups in total. The van der Waals surface area contributed by atoms with E-state index in [0.717, 1.165) is 42.0 Å². The standard InChI is InChI=1S/C16H24FNOS/c1-3-16(4-2,11-19)10-18-14-8-9-20-15-12(14)6-5-7-13(15)17/h5-7,14,18-19H,3-4,8-11H2,1-2H3. The number of halogens is 1. The average molecular weight is 297 g/mol. The first kappa shape index (κ1) is 15.8. The molecule has 1 aliphatic rings. The van der Waals surface area contributed by atoms with Gasteiger partial charge in [-0.3, -0.25) is 0 Å². The van der Waals surface area contributed by atoms with Gasteiger partial charge in [0.1, 0.15) is 5.82 Å². The lowest BCUT2D eigenvalue weighted by Crippen LogP contribution is -2.39. The number of fused-ring (bicyclic) bond motifs is 1. The largest absolute Gasteiger partial charge is 0.396 e. The molecule has 1 heterocycles. The normalized spacial score (nSPS) is 18.9. The van der Waals surface area contributed by atoms with Crippen LogP contribution in [0.1, 0.15) is 44.7 Å². The SMILES string of the molecule is CCC(CC)(CO)CNC1CCSc2c(F)cccc21. The number of aliphatic hydroxyl groups is 1. The molecule has 0 radical (unpaired) electrons. The molecule has 1 aliphatic heterocycles. The van der Waals surface area contributed by atoms with Crippen molar-refractivity contribution in [2.24, 2.45) is 5.41 Å². The van der Waals surface area contributed by atoms with Crippen molar-refractivity contribution >= 4 is 11.8 Å². The van der Waals surface area contributed by atoms with Crippen molar-refractivity contribution in [3.63, 3.8) is 0 Å². The summed E-state index contributed by atoms with van der Waals surface area (Å²) in [7, 11) is 0. The molecule has 1 aromatic rings. The molecule has 0 saturated heterocycles. The van der Waals surface area contributed by atoms with Crippen LogP contribution in [0.5, 0.6) is 0 Å². The Bertz CT molecular complexity index is 440. The van der Waals surface area contributed by atoms with Crippen molar-refractivity contribution in [2.45, 2.75) is 44.0 Å². The topological polar surface area (TPSA) is 32.3 Å². The third-order valence-corrected chi connectivity index (χ3v) is 5.74. The van der Waals surface area contributed by atoms with E-state index in [1.807, 2.05) is 6.07 Å². The molecule has 2 nitrogen and oxygen atoms in total. The van der Waals surface area contributed by atoms with Gasteiger partial charge in [0.25, 0.3) is 0 Å².